The van der Waals surface area contributed by atoms with E-state index in [1.54, 1.807) is 0 Å². The zero-order valence-electron chi connectivity index (χ0n) is 9.91. The van der Waals surface area contributed by atoms with E-state index in [1.807, 2.05) is 13.8 Å². The van der Waals surface area contributed by atoms with Gasteiger partial charge in [0.2, 0.25) is 5.91 Å². The van der Waals surface area contributed by atoms with E-state index in [1.165, 1.54) is 18.2 Å². The molecule has 1 aliphatic carbocycles. The highest BCUT2D eigenvalue weighted by molar-refractivity contribution is 8.93. The van der Waals surface area contributed by atoms with Crippen molar-refractivity contribution in [1.82, 2.24) is 5.32 Å². The normalized spacial score (nSPS) is 16.7. The van der Waals surface area contributed by atoms with Crippen molar-refractivity contribution in [2.75, 3.05) is 0 Å². The molecule has 1 aliphatic rings. The molecule has 0 atom stereocenters. The summed E-state index contributed by atoms with van der Waals surface area (Å²) in [7, 11) is 0. The molecule has 2 N–H and O–H groups in total. The summed E-state index contributed by atoms with van der Waals surface area (Å²) in [5.41, 5.74) is 0. The van der Waals surface area contributed by atoms with Gasteiger partial charge in [-0.05, 0) is 12.8 Å². The molecule has 0 aromatic rings. The highest BCUT2D eigenvalue weighted by Crippen LogP contribution is 2.23. The molecule has 0 spiro atoms. The second-order valence-corrected chi connectivity index (χ2v) is 5.91. The molecule has 1 amide bonds. The van der Waals surface area contributed by atoms with Gasteiger partial charge in [-0.3, -0.25) is 10.2 Å². The van der Waals surface area contributed by atoms with E-state index in [2.05, 4.69) is 5.32 Å². The van der Waals surface area contributed by atoms with E-state index >= 15 is 0 Å². The predicted molar refractivity (Wildman–Crippen MR) is 75.5 cm³/mol. The van der Waals surface area contributed by atoms with Gasteiger partial charge in [0.25, 0.3) is 0 Å². The Morgan fingerprint density at radius 2 is 1.88 bits per heavy atom. The molecule has 3 nitrogen and oxygen atoms in total. The number of thioether (sulfide) groups is 1. The quantitative estimate of drug-likeness (QED) is 0.607. The SMILES string of the molecule is Br.CC(C)SC(=N)NC(=O)C1CCCCC1. The van der Waals surface area contributed by atoms with E-state index in [4.69, 9.17) is 5.41 Å². The van der Waals surface area contributed by atoms with E-state index < -0.39 is 0 Å². The fraction of sp³-hybridized carbons (Fsp3) is 0.818. The topological polar surface area (TPSA) is 53.0 Å². The van der Waals surface area contributed by atoms with Crippen LogP contribution in [0.5, 0.6) is 0 Å². The lowest BCUT2D eigenvalue weighted by Crippen LogP contribution is -2.35. The second kappa shape index (κ2) is 8.12. The molecule has 94 valence electrons. The minimum atomic E-state index is 0. The van der Waals surface area contributed by atoms with Crippen LogP contribution in [0.3, 0.4) is 0 Å². The van der Waals surface area contributed by atoms with Crippen molar-refractivity contribution < 1.29 is 4.79 Å². The summed E-state index contributed by atoms with van der Waals surface area (Å²) < 4.78 is 0. The highest BCUT2D eigenvalue weighted by atomic mass is 79.9. The van der Waals surface area contributed by atoms with Crippen LogP contribution in [-0.4, -0.2) is 16.3 Å². The van der Waals surface area contributed by atoms with Gasteiger partial charge in [0.1, 0.15) is 0 Å². The summed E-state index contributed by atoms with van der Waals surface area (Å²) in [6, 6.07) is 0. The monoisotopic (exact) mass is 308 g/mol. The van der Waals surface area contributed by atoms with E-state index in [0.717, 1.165) is 25.7 Å². The third kappa shape index (κ3) is 5.89. The summed E-state index contributed by atoms with van der Waals surface area (Å²) in [6.07, 6.45) is 5.55. The van der Waals surface area contributed by atoms with Crippen LogP contribution in [0.15, 0.2) is 0 Å². The maximum Gasteiger partial charge on any atom is 0.229 e. The Bertz CT molecular complexity index is 240. The van der Waals surface area contributed by atoms with Crippen LogP contribution in [-0.2, 0) is 4.79 Å². The van der Waals surface area contributed by atoms with E-state index in [0.29, 0.717) is 10.4 Å². The Kier molecular flexibility index (Phi) is 8.10. The van der Waals surface area contributed by atoms with Gasteiger partial charge >= 0.3 is 0 Å². The third-order valence-corrected chi connectivity index (χ3v) is 3.38. The minimum Gasteiger partial charge on any atom is -0.305 e. The molecule has 0 bridgehead atoms. The summed E-state index contributed by atoms with van der Waals surface area (Å²) >= 11 is 1.40. The molecule has 0 unspecified atom stereocenters. The minimum absolute atomic E-state index is 0. The van der Waals surface area contributed by atoms with Crippen molar-refractivity contribution in [1.29, 1.82) is 5.41 Å². The number of hydrogen-bond acceptors (Lipinski definition) is 3. The number of amidine groups is 1. The molecule has 0 aliphatic heterocycles. The standard InChI is InChI=1S/C11H20N2OS.BrH/c1-8(2)15-11(12)13-10(14)9-6-4-3-5-7-9;/h8-9H,3-7H2,1-2H3,(H2,12,13,14);1H. The molecule has 16 heavy (non-hydrogen) atoms. The fourth-order valence-electron chi connectivity index (χ4n) is 1.84. The maximum absolute atomic E-state index is 11.7. The van der Waals surface area contributed by atoms with Gasteiger partial charge in [0.15, 0.2) is 5.17 Å². The summed E-state index contributed by atoms with van der Waals surface area (Å²) in [5, 5.41) is 10.9. The van der Waals surface area contributed by atoms with Gasteiger partial charge in [-0.25, -0.2) is 0 Å². The van der Waals surface area contributed by atoms with Crippen LogP contribution < -0.4 is 5.32 Å². The van der Waals surface area contributed by atoms with Crippen molar-refractivity contribution >= 4 is 39.8 Å². The second-order valence-electron chi connectivity index (χ2n) is 4.32. The summed E-state index contributed by atoms with van der Waals surface area (Å²) in [4.78, 5) is 11.7. The Balaban J connectivity index is 0.00000225. The number of amides is 1. The van der Waals surface area contributed by atoms with Crippen LogP contribution in [0.1, 0.15) is 46.0 Å². The Morgan fingerprint density at radius 1 is 1.31 bits per heavy atom. The first kappa shape index (κ1) is 16.0. The lowest BCUT2D eigenvalue weighted by Gasteiger charge is -2.20. The molecule has 0 radical (unpaired) electrons. The van der Waals surface area contributed by atoms with Crippen LogP contribution in [0.2, 0.25) is 0 Å². The zero-order valence-corrected chi connectivity index (χ0v) is 12.4. The largest absolute Gasteiger partial charge is 0.305 e. The van der Waals surface area contributed by atoms with Crippen molar-refractivity contribution in [3.8, 4) is 0 Å². The number of hydrogen-bond donors (Lipinski definition) is 2. The molecular formula is C11H21BrN2OS. The van der Waals surface area contributed by atoms with Crippen molar-refractivity contribution in [3.63, 3.8) is 0 Å². The van der Waals surface area contributed by atoms with Crippen LogP contribution >= 0.6 is 28.7 Å². The van der Waals surface area contributed by atoms with E-state index in [9.17, 15) is 4.79 Å². The molecule has 0 heterocycles. The van der Waals surface area contributed by atoms with Crippen molar-refractivity contribution in [2.24, 2.45) is 5.92 Å². The van der Waals surface area contributed by atoms with Gasteiger partial charge in [-0.2, -0.15) is 0 Å². The van der Waals surface area contributed by atoms with Gasteiger partial charge in [-0.15, -0.1) is 17.0 Å². The number of carbonyl (C=O) groups is 1. The first-order chi connectivity index (χ1) is 7.09. The Hall–Kier alpha value is -0.0300. The fourth-order valence-corrected chi connectivity index (χ4v) is 2.47. The average molecular weight is 309 g/mol. The lowest BCUT2D eigenvalue weighted by atomic mass is 9.89. The zero-order chi connectivity index (χ0) is 11.3. The molecule has 0 aromatic heterocycles. The summed E-state index contributed by atoms with van der Waals surface area (Å²) in [5.74, 6) is 0.194. The molecule has 0 saturated heterocycles. The van der Waals surface area contributed by atoms with E-state index in [-0.39, 0.29) is 28.8 Å². The number of carbonyl (C=O) groups excluding carboxylic acids is 1. The van der Waals surface area contributed by atoms with Crippen LogP contribution in [0.25, 0.3) is 0 Å². The highest BCUT2D eigenvalue weighted by Gasteiger charge is 2.21. The molecule has 1 fully saturated rings. The molecule has 0 aromatic carbocycles. The lowest BCUT2D eigenvalue weighted by molar-refractivity contribution is -0.124. The third-order valence-electron chi connectivity index (χ3n) is 2.57. The predicted octanol–water partition coefficient (Wildman–Crippen LogP) is 3.34. The Morgan fingerprint density at radius 3 is 2.38 bits per heavy atom. The number of rotatable bonds is 2. The van der Waals surface area contributed by atoms with Gasteiger partial charge in [0.05, 0.1) is 0 Å². The molecule has 1 rings (SSSR count). The molecule has 5 heteroatoms. The first-order valence-electron chi connectivity index (χ1n) is 5.65. The van der Waals surface area contributed by atoms with Crippen LogP contribution in [0.4, 0.5) is 0 Å². The van der Waals surface area contributed by atoms with Crippen LogP contribution in [0, 0.1) is 11.3 Å². The first-order valence-corrected chi connectivity index (χ1v) is 6.53. The number of halogens is 1. The summed E-state index contributed by atoms with van der Waals surface area (Å²) in [6.45, 7) is 4.04. The maximum atomic E-state index is 11.7. The van der Waals surface area contributed by atoms with Gasteiger partial charge < -0.3 is 5.32 Å². The van der Waals surface area contributed by atoms with Gasteiger partial charge in [-0.1, -0.05) is 44.9 Å². The van der Waals surface area contributed by atoms with Crippen molar-refractivity contribution in [3.05, 3.63) is 0 Å². The molecule has 1 saturated carbocycles. The molecular weight excluding hydrogens is 288 g/mol. The van der Waals surface area contributed by atoms with Crippen molar-refractivity contribution in [2.45, 2.75) is 51.2 Å². The average Bonchev–Trinajstić information content (AvgIpc) is 2.17. The smallest absolute Gasteiger partial charge is 0.229 e. The Labute approximate surface area is 112 Å². The van der Waals surface area contributed by atoms with Gasteiger partial charge in [0, 0.05) is 11.2 Å². The number of nitrogens with one attached hydrogen (secondary N) is 2.